The summed E-state index contributed by atoms with van der Waals surface area (Å²) in [6, 6.07) is 5.50. The largest absolute Gasteiger partial charge is 0.487 e. The van der Waals surface area contributed by atoms with Crippen molar-refractivity contribution in [3.8, 4) is 5.75 Å². The van der Waals surface area contributed by atoms with Crippen LogP contribution in [0.15, 0.2) is 18.2 Å². The summed E-state index contributed by atoms with van der Waals surface area (Å²) in [7, 11) is 1.94. The summed E-state index contributed by atoms with van der Waals surface area (Å²) in [6.45, 7) is 4.39. The third kappa shape index (κ3) is 4.52. The number of rotatable bonds is 8. The maximum absolute atomic E-state index is 10.9. The first-order chi connectivity index (χ1) is 9.12. The molecule has 0 saturated heterocycles. The van der Waals surface area contributed by atoms with Gasteiger partial charge >= 0.3 is 5.69 Å². The SMILES string of the molecule is CCCC(Cc1ccc([N+](=O)[O-])c(OCC)c1)NC. The van der Waals surface area contributed by atoms with Gasteiger partial charge in [0.2, 0.25) is 0 Å². The molecular weight excluding hydrogens is 244 g/mol. The highest BCUT2D eigenvalue weighted by Crippen LogP contribution is 2.28. The van der Waals surface area contributed by atoms with E-state index >= 15 is 0 Å². The van der Waals surface area contributed by atoms with Crippen LogP contribution in [0.4, 0.5) is 5.69 Å². The first kappa shape index (κ1) is 15.4. The molecular formula is C14H22N2O3. The third-order valence-electron chi connectivity index (χ3n) is 3.05. The molecule has 1 atom stereocenters. The summed E-state index contributed by atoms with van der Waals surface area (Å²) in [4.78, 5) is 10.5. The number of nitro benzene ring substituents is 1. The standard InChI is InChI=1S/C14H22N2O3/c1-4-6-12(15-3)9-11-7-8-13(16(17)18)14(10-11)19-5-2/h7-8,10,12,15H,4-6,9H2,1-3H3. The first-order valence-corrected chi connectivity index (χ1v) is 6.69. The van der Waals surface area contributed by atoms with Crippen LogP contribution in [0.1, 0.15) is 32.3 Å². The lowest BCUT2D eigenvalue weighted by atomic mass is 10.0. The number of likely N-dealkylation sites (N-methyl/N-ethyl adjacent to an activating group) is 1. The Morgan fingerprint density at radius 3 is 2.68 bits per heavy atom. The fraction of sp³-hybridized carbons (Fsp3) is 0.571. The van der Waals surface area contributed by atoms with Crippen molar-refractivity contribution in [2.75, 3.05) is 13.7 Å². The van der Waals surface area contributed by atoms with Gasteiger partial charge in [0.15, 0.2) is 5.75 Å². The summed E-state index contributed by atoms with van der Waals surface area (Å²) in [6.07, 6.45) is 3.04. The quantitative estimate of drug-likeness (QED) is 0.580. The molecule has 5 nitrogen and oxygen atoms in total. The summed E-state index contributed by atoms with van der Waals surface area (Å²) in [5, 5.41) is 14.2. The van der Waals surface area contributed by atoms with Gasteiger partial charge in [0.05, 0.1) is 11.5 Å². The Kier molecular flexibility index (Phi) is 6.29. The number of nitrogens with one attached hydrogen (secondary N) is 1. The van der Waals surface area contributed by atoms with Crippen molar-refractivity contribution in [2.24, 2.45) is 0 Å². The molecule has 1 aromatic carbocycles. The topological polar surface area (TPSA) is 64.4 Å². The van der Waals surface area contributed by atoms with Gasteiger partial charge in [-0.3, -0.25) is 10.1 Å². The number of benzene rings is 1. The molecule has 0 aliphatic carbocycles. The monoisotopic (exact) mass is 266 g/mol. The van der Waals surface area contributed by atoms with Gasteiger partial charge in [-0.05, 0) is 38.4 Å². The van der Waals surface area contributed by atoms with Gasteiger partial charge in [-0.1, -0.05) is 19.4 Å². The normalized spacial score (nSPS) is 12.2. The molecule has 1 N–H and O–H groups in total. The zero-order valence-corrected chi connectivity index (χ0v) is 11.8. The second kappa shape index (κ2) is 7.74. The number of nitrogens with zero attached hydrogens (tertiary/aromatic N) is 1. The molecule has 19 heavy (non-hydrogen) atoms. The number of hydrogen-bond donors (Lipinski definition) is 1. The number of hydrogen-bond acceptors (Lipinski definition) is 4. The summed E-state index contributed by atoms with van der Waals surface area (Å²) in [5.74, 6) is 0.358. The van der Waals surface area contributed by atoms with Crippen LogP contribution in [0.25, 0.3) is 0 Å². The average Bonchev–Trinajstić information content (AvgIpc) is 2.38. The molecule has 106 valence electrons. The van der Waals surface area contributed by atoms with Crippen LogP contribution in [0, 0.1) is 10.1 Å². The molecule has 0 aromatic heterocycles. The Balaban J connectivity index is 2.91. The maximum Gasteiger partial charge on any atom is 0.310 e. The molecule has 1 rings (SSSR count). The zero-order valence-electron chi connectivity index (χ0n) is 11.8. The molecule has 0 amide bonds. The predicted octanol–water partition coefficient (Wildman–Crippen LogP) is 2.92. The summed E-state index contributed by atoms with van der Waals surface area (Å²) in [5.41, 5.74) is 1.09. The second-order valence-electron chi connectivity index (χ2n) is 4.47. The molecule has 1 aromatic rings. The highest BCUT2D eigenvalue weighted by molar-refractivity contribution is 5.48. The van der Waals surface area contributed by atoms with E-state index in [0.29, 0.717) is 18.4 Å². The van der Waals surface area contributed by atoms with Gasteiger partial charge in [-0.2, -0.15) is 0 Å². The van der Waals surface area contributed by atoms with E-state index in [0.717, 1.165) is 24.8 Å². The van der Waals surface area contributed by atoms with Crippen LogP contribution in [0.2, 0.25) is 0 Å². The third-order valence-corrected chi connectivity index (χ3v) is 3.05. The predicted molar refractivity (Wildman–Crippen MR) is 75.7 cm³/mol. The minimum absolute atomic E-state index is 0.0297. The van der Waals surface area contributed by atoms with Crippen molar-refractivity contribution < 1.29 is 9.66 Å². The van der Waals surface area contributed by atoms with E-state index in [9.17, 15) is 10.1 Å². The van der Waals surface area contributed by atoms with Gasteiger partial charge in [0.25, 0.3) is 0 Å². The lowest BCUT2D eigenvalue weighted by Gasteiger charge is -2.15. The van der Waals surface area contributed by atoms with Crippen molar-refractivity contribution in [1.82, 2.24) is 5.32 Å². The zero-order chi connectivity index (χ0) is 14.3. The first-order valence-electron chi connectivity index (χ1n) is 6.69. The van der Waals surface area contributed by atoms with E-state index in [4.69, 9.17) is 4.74 Å². The molecule has 0 saturated carbocycles. The van der Waals surface area contributed by atoms with Crippen LogP contribution < -0.4 is 10.1 Å². The van der Waals surface area contributed by atoms with Crippen molar-refractivity contribution in [2.45, 2.75) is 39.2 Å². The molecule has 0 fully saturated rings. The lowest BCUT2D eigenvalue weighted by molar-refractivity contribution is -0.385. The maximum atomic E-state index is 10.9. The van der Waals surface area contributed by atoms with Gasteiger partial charge in [-0.15, -0.1) is 0 Å². The van der Waals surface area contributed by atoms with Crippen LogP contribution in [-0.4, -0.2) is 24.6 Å². The second-order valence-corrected chi connectivity index (χ2v) is 4.47. The van der Waals surface area contributed by atoms with Gasteiger partial charge < -0.3 is 10.1 Å². The van der Waals surface area contributed by atoms with E-state index in [1.54, 1.807) is 12.1 Å². The van der Waals surface area contributed by atoms with Crippen LogP contribution >= 0.6 is 0 Å². The number of nitro groups is 1. The van der Waals surface area contributed by atoms with Crippen molar-refractivity contribution in [1.29, 1.82) is 0 Å². The molecule has 0 aliphatic heterocycles. The molecule has 0 bridgehead atoms. The van der Waals surface area contributed by atoms with Gasteiger partial charge in [0.1, 0.15) is 0 Å². The highest BCUT2D eigenvalue weighted by Gasteiger charge is 2.16. The molecule has 0 spiro atoms. The van der Waals surface area contributed by atoms with Crippen molar-refractivity contribution in [3.63, 3.8) is 0 Å². The van der Waals surface area contributed by atoms with Crippen LogP contribution in [-0.2, 0) is 6.42 Å². The average molecular weight is 266 g/mol. The van der Waals surface area contributed by atoms with Crippen LogP contribution in [0.3, 0.4) is 0 Å². The van der Waals surface area contributed by atoms with Gasteiger partial charge in [0, 0.05) is 12.1 Å². The summed E-state index contributed by atoms with van der Waals surface area (Å²) < 4.78 is 5.35. The highest BCUT2D eigenvalue weighted by atomic mass is 16.6. The van der Waals surface area contributed by atoms with Crippen molar-refractivity contribution >= 4 is 5.69 Å². The van der Waals surface area contributed by atoms with E-state index in [1.807, 2.05) is 14.0 Å². The lowest BCUT2D eigenvalue weighted by Crippen LogP contribution is -2.27. The Hall–Kier alpha value is -1.62. The Morgan fingerprint density at radius 2 is 2.16 bits per heavy atom. The van der Waals surface area contributed by atoms with E-state index in [1.165, 1.54) is 6.07 Å². The Bertz CT molecular complexity index is 421. The summed E-state index contributed by atoms with van der Waals surface area (Å²) >= 11 is 0. The Labute approximate surface area is 114 Å². The van der Waals surface area contributed by atoms with E-state index in [2.05, 4.69) is 12.2 Å². The molecule has 0 heterocycles. The smallest absolute Gasteiger partial charge is 0.310 e. The van der Waals surface area contributed by atoms with Crippen LogP contribution in [0.5, 0.6) is 5.75 Å². The number of ether oxygens (including phenoxy) is 1. The Morgan fingerprint density at radius 1 is 1.42 bits per heavy atom. The van der Waals surface area contributed by atoms with E-state index < -0.39 is 4.92 Å². The van der Waals surface area contributed by atoms with Crippen molar-refractivity contribution in [3.05, 3.63) is 33.9 Å². The molecule has 5 heteroatoms. The van der Waals surface area contributed by atoms with E-state index in [-0.39, 0.29) is 5.69 Å². The minimum atomic E-state index is -0.406. The van der Waals surface area contributed by atoms with Gasteiger partial charge in [-0.25, -0.2) is 0 Å². The molecule has 1 unspecified atom stereocenters. The minimum Gasteiger partial charge on any atom is -0.487 e. The molecule has 0 radical (unpaired) electrons. The molecule has 0 aliphatic rings. The fourth-order valence-corrected chi connectivity index (χ4v) is 2.09. The fourth-order valence-electron chi connectivity index (χ4n) is 2.09.